The summed E-state index contributed by atoms with van der Waals surface area (Å²) in [6.07, 6.45) is 0. The van der Waals surface area contributed by atoms with Crippen molar-refractivity contribution in [1.29, 1.82) is 0 Å². The van der Waals surface area contributed by atoms with E-state index < -0.39 is 0 Å². The Morgan fingerprint density at radius 3 is 3.24 bits per heavy atom. The minimum atomic E-state index is -0.309. The Morgan fingerprint density at radius 1 is 1.57 bits per heavy atom. The molecule has 1 atom stereocenters. The third-order valence-electron chi connectivity index (χ3n) is 3.74. The Bertz CT molecular complexity index is 656. The lowest BCUT2D eigenvalue weighted by atomic mass is 10.2. The van der Waals surface area contributed by atoms with Gasteiger partial charge in [0.1, 0.15) is 17.7 Å². The number of aromatic nitrogens is 2. The Balaban J connectivity index is 1.64. The molecule has 1 fully saturated rings. The van der Waals surface area contributed by atoms with Crippen molar-refractivity contribution in [2.24, 2.45) is 0 Å². The molecule has 7 heteroatoms. The minimum absolute atomic E-state index is 0.0312. The number of rotatable bonds is 3. The maximum absolute atomic E-state index is 13.1. The molecule has 1 aliphatic rings. The molecule has 1 unspecified atom stereocenters. The van der Waals surface area contributed by atoms with E-state index in [1.807, 2.05) is 11.9 Å². The van der Waals surface area contributed by atoms with Gasteiger partial charge in [0.15, 0.2) is 0 Å². The first-order valence-electron chi connectivity index (χ1n) is 6.96. The molecule has 0 radical (unpaired) electrons. The van der Waals surface area contributed by atoms with Crippen LogP contribution in [-0.4, -0.2) is 53.5 Å². The van der Waals surface area contributed by atoms with Crippen LogP contribution in [0.5, 0.6) is 0 Å². The van der Waals surface area contributed by atoms with Gasteiger partial charge in [-0.3, -0.25) is 9.69 Å². The number of aromatic amines is 1. The highest BCUT2D eigenvalue weighted by atomic mass is 19.1. The molecular formula is C14H18FN5O. The Hall–Kier alpha value is -1.99. The number of nitrogens with zero attached hydrogens (tertiary/aromatic N) is 2. The molecule has 1 aromatic carbocycles. The number of imidazole rings is 1. The fraction of sp³-hybridized carbons (Fsp3) is 0.429. The van der Waals surface area contributed by atoms with Crippen molar-refractivity contribution in [3.05, 3.63) is 29.8 Å². The van der Waals surface area contributed by atoms with E-state index in [9.17, 15) is 9.18 Å². The Morgan fingerprint density at radius 2 is 2.43 bits per heavy atom. The largest absolute Gasteiger partial charge is 0.347 e. The van der Waals surface area contributed by atoms with Crippen molar-refractivity contribution in [2.45, 2.75) is 12.6 Å². The quantitative estimate of drug-likeness (QED) is 0.756. The predicted octanol–water partition coefficient (Wildman–Crippen LogP) is 0.222. The third-order valence-corrected chi connectivity index (χ3v) is 3.74. The van der Waals surface area contributed by atoms with Gasteiger partial charge in [0.05, 0.1) is 17.6 Å². The number of halogens is 1. The molecule has 0 saturated carbocycles. The second kappa shape index (κ2) is 5.79. The van der Waals surface area contributed by atoms with Gasteiger partial charge in [-0.25, -0.2) is 9.37 Å². The average Bonchev–Trinajstić information content (AvgIpc) is 2.87. The number of amides is 1. The van der Waals surface area contributed by atoms with E-state index in [0.717, 1.165) is 13.1 Å². The Kier molecular flexibility index (Phi) is 3.85. The van der Waals surface area contributed by atoms with E-state index in [1.54, 1.807) is 6.07 Å². The van der Waals surface area contributed by atoms with E-state index in [0.29, 0.717) is 29.9 Å². The first-order valence-corrected chi connectivity index (χ1v) is 6.96. The normalized spacial score (nSPS) is 19.8. The van der Waals surface area contributed by atoms with Gasteiger partial charge >= 0.3 is 0 Å². The lowest BCUT2D eigenvalue weighted by molar-refractivity contribution is -0.126. The number of nitrogens with one attached hydrogen (secondary N) is 3. The van der Waals surface area contributed by atoms with E-state index >= 15 is 0 Å². The van der Waals surface area contributed by atoms with Crippen LogP contribution in [0.1, 0.15) is 5.82 Å². The highest BCUT2D eigenvalue weighted by Gasteiger charge is 2.25. The van der Waals surface area contributed by atoms with Crippen molar-refractivity contribution in [1.82, 2.24) is 25.5 Å². The van der Waals surface area contributed by atoms with Crippen LogP contribution in [0.15, 0.2) is 18.2 Å². The monoisotopic (exact) mass is 291 g/mol. The van der Waals surface area contributed by atoms with Crippen LogP contribution in [0.2, 0.25) is 0 Å². The number of H-pyrrole nitrogens is 1. The van der Waals surface area contributed by atoms with Crippen LogP contribution in [0, 0.1) is 5.82 Å². The summed E-state index contributed by atoms with van der Waals surface area (Å²) in [6, 6.07) is 4.21. The highest BCUT2D eigenvalue weighted by molar-refractivity contribution is 5.82. The molecule has 3 N–H and O–H groups in total. The fourth-order valence-electron chi connectivity index (χ4n) is 2.51. The van der Waals surface area contributed by atoms with Crippen molar-refractivity contribution in [3.8, 4) is 0 Å². The van der Waals surface area contributed by atoms with E-state index in [-0.39, 0.29) is 17.8 Å². The molecule has 2 heterocycles. The molecule has 21 heavy (non-hydrogen) atoms. The van der Waals surface area contributed by atoms with Gasteiger partial charge in [0.2, 0.25) is 5.91 Å². The summed E-state index contributed by atoms with van der Waals surface area (Å²) < 4.78 is 13.1. The second-order valence-electron chi connectivity index (χ2n) is 5.26. The van der Waals surface area contributed by atoms with Gasteiger partial charge in [0.25, 0.3) is 0 Å². The number of piperazine rings is 1. The minimum Gasteiger partial charge on any atom is -0.347 e. The van der Waals surface area contributed by atoms with Crippen LogP contribution in [0.25, 0.3) is 11.0 Å². The first-order chi connectivity index (χ1) is 10.1. The molecule has 112 valence electrons. The number of fused-ring (bicyclic) bond motifs is 1. The number of carbonyl (C=O) groups excluding carboxylic acids is 1. The van der Waals surface area contributed by atoms with Gasteiger partial charge in [0, 0.05) is 19.6 Å². The van der Waals surface area contributed by atoms with Crippen LogP contribution >= 0.6 is 0 Å². The topological polar surface area (TPSA) is 73.1 Å². The summed E-state index contributed by atoms with van der Waals surface area (Å²) in [5.74, 6) is 0.281. The number of benzene rings is 1. The van der Waals surface area contributed by atoms with Crippen molar-refractivity contribution >= 4 is 16.9 Å². The van der Waals surface area contributed by atoms with Crippen LogP contribution in [0.3, 0.4) is 0 Å². The second-order valence-corrected chi connectivity index (χ2v) is 5.26. The van der Waals surface area contributed by atoms with Crippen molar-refractivity contribution in [3.63, 3.8) is 0 Å². The zero-order chi connectivity index (χ0) is 14.8. The van der Waals surface area contributed by atoms with Gasteiger partial charge < -0.3 is 15.6 Å². The summed E-state index contributed by atoms with van der Waals surface area (Å²) >= 11 is 0. The lowest BCUT2D eigenvalue weighted by Gasteiger charge is -2.31. The molecule has 3 rings (SSSR count). The van der Waals surface area contributed by atoms with Crippen LogP contribution < -0.4 is 10.6 Å². The number of carbonyl (C=O) groups is 1. The maximum atomic E-state index is 13.1. The van der Waals surface area contributed by atoms with Gasteiger partial charge in [-0.05, 0) is 25.2 Å². The summed E-state index contributed by atoms with van der Waals surface area (Å²) in [4.78, 5) is 21.5. The molecule has 1 aliphatic heterocycles. The van der Waals surface area contributed by atoms with E-state index in [4.69, 9.17) is 0 Å². The summed E-state index contributed by atoms with van der Waals surface area (Å²) in [7, 11) is 1.94. The van der Waals surface area contributed by atoms with E-state index in [1.165, 1.54) is 12.1 Å². The highest BCUT2D eigenvalue weighted by Crippen LogP contribution is 2.12. The zero-order valence-corrected chi connectivity index (χ0v) is 11.8. The molecule has 0 aliphatic carbocycles. The lowest BCUT2D eigenvalue weighted by Crippen LogP contribution is -2.56. The molecule has 0 spiro atoms. The summed E-state index contributed by atoms with van der Waals surface area (Å²) in [5.41, 5.74) is 1.33. The molecule has 1 saturated heterocycles. The molecule has 1 aromatic heterocycles. The van der Waals surface area contributed by atoms with E-state index in [2.05, 4.69) is 20.6 Å². The standard InChI is InChI=1S/C14H18FN5O/c1-20-5-4-16-7-12(20)14(21)17-8-13-18-10-3-2-9(15)6-11(10)19-13/h2-3,6,12,16H,4-5,7-8H2,1H3,(H,17,21)(H,18,19). The average molecular weight is 291 g/mol. The molecule has 0 bridgehead atoms. The molecule has 1 amide bonds. The SMILES string of the molecule is CN1CCNCC1C(=O)NCc1nc2ccc(F)cc2[nH]1. The first kappa shape index (κ1) is 14.0. The number of hydrogen-bond donors (Lipinski definition) is 3. The predicted molar refractivity (Wildman–Crippen MR) is 77.2 cm³/mol. The molecule has 2 aromatic rings. The van der Waals surface area contributed by atoms with Gasteiger partial charge in [-0.1, -0.05) is 0 Å². The van der Waals surface area contributed by atoms with Crippen molar-refractivity contribution in [2.75, 3.05) is 26.7 Å². The van der Waals surface area contributed by atoms with Gasteiger partial charge in [-0.2, -0.15) is 0 Å². The Labute approximate surface area is 121 Å². The molecular weight excluding hydrogens is 273 g/mol. The smallest absolute Gasteiger partial charge is 0.239 e. The number of likely N-dealkylation sites (N-methyl/N-ethyl adjacent to an activating group) is 1. The zero-order valence-electron chi connectivity index (χ0n) is 11.8. The van der Waals surface area contributed by atoms with Crippen LogP contribution in [-0.2, 0) is 11.3 Å². The van der Waals surface area contributed by atoms with Crippen LogP contribution in [0.4, 0.5) is 4.39 Å². The van der Waals surface area contributed by atoms with Gasteiger partial charge in [-0.15, -0.1) is 0 Å². The fourth-order valence-corrected chi connectivity index (χ4v) is 2.51. The number of hydrogen-bond acceptors (Lipinski definition) is 4. The maximum Gasteiger partial charge on any atom is 0.239 e. The third kappa shape index (κ3) is 3.03. The summed E-state index contributed by atoms with van der Waals surface area (Å²) in [5, 5.41) is 6.07. The summed E-state index contributed by atoms with van der Waals surface area (Å²) in [6.45, 7) is 2.70. The van der Waals surface area contributed by atoms with Crippen molar-refractivity contribution < 1.29 is 9.18 Å². The molecule has 6 nitrogen and oxygen atoms in total.